The van der Waals surface area contributed by atoms with Crippen LogP contribution in [0.3, 0.4) is 0 Å². The Balaban J connectivity index is 0.00000533. The number of hydrogen-bond acceptors (Lipinski definition) is 2. The van der Waals surface area contributed by atoms with Crippen molar-refractivity contribution < 1.29 is 30.4 Å². The fourth-order valence-electron chi connectivity index (χ4n) is 9.65. The minimum Gasteiger partial charge on any atom is -0.503 e. The van der Waals surface area contributed by atoms with E-state index < -0.39 is 0 Å². The molecule has 0 radical (unpaired) electrons. The van der Waals surface area contributed by atoms with Crippen LogP contribution in [0.25, 0.3) is 94.5 Å². The normalized spacial score (nSPS) is 11.5. The van der Waals surface area contributed by atoms with Gasteiger partial charge < -0.3 is 13.9 Å². The first-order valence-corrected chi connectivity index (χ1v) is 23.4. The van der Waals surface area contributed by atoms with Crippen molar-refractivity contribution in [3.8, 4) is 73.2 Å². The van der Waals surface area contributed by atoms with Crippen LogP contribution in [0, 0.1) is 18.5 Å². The van der Waals surface area contributed by atoms with Crippen LogP contribution in [-0.2, 0) is 26.5 Å². The minimum absolute atomic E-state index is 0. The van der Waals surface area contributed by atoms with Crippen molar-refractivity contribution in [2.45, 2.75) is 26.2 Å². The van der Waals surface area contributed by atoms with Crippen LogP contribution in [0.1, 0.15) is 26.3 Å². The summed E-state index contributed by atoms with van der Waals surface area (Å²) in [6.45, 7) is 6.72. The molecule has 0 saturated carbocycles. The Hall–Kier alpha value is -8.11. The van der Waals surface area contributed by atoms with Gasteiger partial charge in [-0.2, -0.15) is 12.1 Å². The number of para-hydroxylation sites is 5. The molecular formula is C64H46N4OPt-2. The van der Waals surface area contributed by atoms with E-state index in [-0.39, 0.29) is 26.5 Å². The summed E-state index contributed by atoms with van der Waals surface area (Å²) in [5.74, 6) is 1.14. The average Bonchev–Trinajstić information content (AvgIpc) is 3.95. The molecule has 70 heavy (non-hydrogen) atoms. The number of imidazole rings is 1. The standard InChI is InChI=1S/C64H46N4O.Pt/c1-64(2,3)47-36-37-65-58(39-47)56-42-62-57(54-30-13-14-33-59(54)68(62)48-25-11-6-12-26-48)41-55(56)46-24-17-28-50(38-46)69-51-29-18-27-49(40-51)66-43-67(61-35-16-15-34-60(61)66)63-52(44-20-7-4-8-21-44)31-19-32-53(63)45-22-9-5-10-23-45;/h4-37,39,41-42H,1-3H3;/q-2;. The first-order valence-electron chi connectivity index (χ1n) is 23.4. The third-order valence-corrected chi connectivity index (χ3v) is 13.0. The van der Waals surface area contributed by atoms with Crippen LogP contribution < -0.4 is 9.30 Å². The molecule has 3 heterocycles. The fraction of sp³-hybridized carbons (Fsp3) is 0.0625. The van der Waals surface area contributed by atoms with E-state index >= 15 is 0 Å². The predicted molar refractivity (Wildman–Crippen MR) is 280 cm³/mol. The second-order valence-corrected chi connectivity index (χ2v) is 18.4. The Kier molecular flexibility index (Phi) is 11.7. The van der Waals surface area contributed by atoms with Crippen LogP contribution in [0.15, 0.2) is 225 Å². The molecule has 5 nitrogen and oxygen atoms in total. The second-order valence-electron chi connectivity index (χ2n) is 18.4. The predicted octanol–water partition coefficient (Wildman–Crippen LogP) is 15.6. The van der Waals surface area contributed by atoms with Gasteiger partial charge in [0.05, 0.1) is 33.4 Å². The molecule has 9 aromatic carbocycles. The van der Waals surface area contributed by atoms with E-state index in [1.807, 2.05) is 36.5 Å². The maximum atomic E-state index is 6.72. The largest absolute Gasteiger partial charge is 0.503 e. The zero-order chi connectivity index (χ0) is 46.5. The molecule has 0 amide bonds. The van der Waals surface area contributed by atoms with Gasteiger partial charge in [0.15, 0.2) is 0 Å². The molecule has 0 saturated heterocycles. The van der Waals surface area contributed by atoms with Crippen LogP contribution in [0.4, 0.5) is 0 Å². The number of aromatic nitrogens is 4. The molecule has 0 aliphatic carbocycles. The van der Waals surface area contributed by atoms with Crippen molar-refractivity contribution in [1.29, 1.82) is 0 Å². The molecule has 0 N–H and O–H groups in total. The number of rotatable bonds is 9. The number of hydrogen-bond donors (Lipinski definition) is 0. The molecule has 0 atom stereocenters. The van der Waals surface area contributed by atoms with Crippen LogP contribution in [0.2, 0.25) is 0 Å². The molecule has 6 heteroatoms. The molecule has 340 valence electrons. The van der Waals surface area contributed by atoms with Gasteiger partial charge in [-0.05, 0) is 86.3 Å². The number of ether oxygens (including phenoxy) is 1. The summed E-state index contributed by atoms with van der Waals surface area (Å²) in [7, 11) is 0. The van der Waals surface area contributed by atoms with Crippen LogP contribution >= 0.6 is 0 Å². The summed E-state index contributed by atoms with van der Waals surface area (Å²) < 4.78 is 13.3. The summed E-state index contributed by atoms with van der Waals surface area (Å²) in [6, 6.07) is 83.7. The van der Waals surface area contributed by atoms with Crippen LogP contribution in [0.5, 0.6) is 11.5 Å². The van der Waals surface area contributed by atoms with Crippen molar-refractivity contribution in [2.24, 2.45) is 0 Å². The first kappa shape index (κ1) is 44.4. The fourth-order valence-corrected chi connectivity index (χ4v) is 9.65. The minimum atomic E-state index is -0.0610. The molecule has 0 bridgehead atoms. The van der Waals surface area contributed by atoms with Crippen LogP contribution in [-0.4, -0.2) is 14.1 Å². The Morgan fingerprint density at radius 1 is 0.500 bits per heavy atom. The van der Waals surface area contributed by atoms with Crippen molar-refractivity contribution >= 4 is 32.8 Å². The molecule has 0 spiro atoms. The number of fused-ring (bicyclic) bond motifs is 4. The van der Waals surface area contributed by atoms with Gasteiger partial charge in [0.1, 0.15) is 0 Å². The van der Waals surface area contributed by atoms with Gasteiger partial charge in [0, 0.05) is 49.8 Å². The quantitative estimate of drug-likeness (QED) is 0.107. The smallest absolute Gasteiger partial charge is 0.268 e. The van der Waals surface area contributed by atoms with Gasteiger partial charge in [-0.3, -0.25) is 9.55 Å². The topological polar surface area (TPSA) is 35.9 Å². The number of nitrogens with zero attached hydrogens (tertiary/aromatic N) is 4. The molecule has 12 rings (SSSR count). The van der Waals surface area contributed by atoms with E-state index in [4.69, 9.17) is 9.72 Å². The number of pyridine rings is 1. The Morgan fingerprint density at radius 2 is 1.11 bits per heavy atom. The Bertz CT molecular complexity index is 3790. The zero-order valence-electron chi connectivity index (χ0n) is 38.9. The number of benzene rings is 9. The summed E-state index contributed by atoms with van der Waals surface area (Å²) in [4.78, 5) is 5.02. The maximum absolute atomic E-state index is 6.72. The maximum Gasteiger partial charge on any atom is 0.268 e. The third kappa shape index (κ3) is 8.12. The van der Waals surface area contributed by atoms with Gasteiger partial charge in [0.25, 0.3) is 6.33 Å². The van der Waals surface area contributed by atoms with E-state index in [2.05, 4.69) is 241 Å². The van der Waals surface area contributed by atoms with Crippen molar-refractivity contribution in [2.75, 3.05) is 0 Å². The van der Waals surface area contributed by atoms with E-state index in [1.165, 1.54) is 10.9 Å². The zero-order valence-corrected chi connectivity index (χ0v) is 41.1. The van der Waals surface area contributed by atoms with E-state index in [0.717, 1.165) is 89.2 Å². The monoisotopic (exact) mass is 1080 g/mol. The summed E-state index contributed by atoms with van der Waals surface area (Å²) >= 11 is 0. The Morgan fingerprint density at radius 3 is 1.83 bits per heavy atom. The summed E-state index contributed by atoms with van der Waals surface area (Å²) in [5, 5.41) is 2.32. The van der Waals surface area contributed by atoms with Gasteiger partial charge in [-0.1, -0.05) is 178 Å². The van der Waals surface area contributed by atoms with E-state index in [9.17, 15) is 0 Å². The van der Waals surface area contributed by atoms with Gasteiger partial charge in [-0.15, -0.1) is 35.9 Å². The molecule has 0 aliphatic rings. The first-order chi connectivity index (χ1) is 33.9. The molecule has 0 aliphatic heterocycles. The Labute approximate surface area is 422 Å². The average molecular weight is 1080 g/mol. The van der Waals surface area contributed by atoms with E-state index in [0.29, 0.717) is 11.5 Å². The van der Waals surface area contributed by atoms with Gasteiger partial charge in [0.2, 0.25) is 0 Å². The molecule has 0 unspecified atom stereocenters. The molecule has 12 aromatic rings. The van der Waals surface area contributed by atoms with Gasteiger partial charge >= 0.3 is 0 Å². The van der Waals surface area contributed by atoms with Crippen molar-refractivity contribution in [3.63, 3.8) is 0 Å². The summed E-state index contributed by atoms with van der Waals surface area (Å²) in [5.41, 5.74) is 16.7. The summed E-state index contributed by atoms with van der Waals surface area (Å²) in [6.07, 6.45) is 5.70. The van der Waals surface area contributed by atoms with Crippen molar-refractivity contribution in [3.05, 3.63) is 249 Å². The van der Waals surface area contributed by atoms with Gasteiger partial charge in [-0.25, -0.2) is 0 Å². The van der Waals surface area contributed by atoms with Crippen molar-refractivity contribution in [1.82, 2.24) is 14.1 Å². The third-order valence-electron chi connectivity index (χ3n) is 13.0. The molecule has 3 aromatic heterocycles. The SMILES string of the molecule is CC(C)(C)c1ccnc(-c2cc3c(cc2-c2[c-]c(Oc4[c-]c(-n5[c-][n+](-c6c(-c7ccccc7)cccc6-c6ccccc6)c6ccccc65)ccc4)ccc2)c2ccccc2n3-c2ccccc2)c1.[Pt]. The second kappa shape index (κ2) is 18.4. The molecular weight excluding hydrogens is 1040 g/mol. The van der Waals surface area contributed by atoms with E-state index in [1.54, 1.807) is 0 Å². The molecule has 0 fully saturated rings.